The van der Waals surface area contributed by atoms with E-state index < -0.39 is 6.09 Å². The number of nitrogens with zero attached hydrogens (tertiary/aromatic N) is 2. The van der Waals surface area contributed by atoms with Crippen LogP contribution < -0.4 is 5.32 Å². The zero-order valence-corrected chi connectivity index (χ0v) is 14.5. The van der Waals surface area contributed by atoms with E-state index >= 15 is 0 Å². The molecule has 0 saturated heterocycles. The van der Waals surface area contributed by atoms with Gasteiger partial charge in [0.2, 0.25) is 0 Å². The summed E-state index contributed by atoms with van der Waals surface area (Å²) in [5.74, 6) is 0.0256. The molecule has 126 valence electrons. The summed E-state index contributed by atoms with van der Waals surface area (Å²) in [7, 11) is 0. The first-order chi connectivity index (χ1) is 11.6. The minimum atomic E-state index is -0.503. The molecule has 0 bridgehead atoms. The fraction of sp³-hybridized carbons (Fsp3) is 0.353. The molecule has 0 spiro atoms. The van der Waals surface area contributed by atoms with Gasteiger partial charge in [-0.3, -0.25) is 10.1 Å². The van der Waals surface area contributed by atoms with Crippen LogP contribution in [0.1, 0.15) is 33.4 Å². The fourth-order valence-electron chi connectivity index (χ4n) is 2.64. The van der Waals surface area contributed by atoms with Crippen molar-refractivity contribution >= 4 is 28.5 Å². The molecule has 1 aromatic carbocycles. The molecule has 24 heavy (non-hydrogen) atoms. The second kappa shape index (κ2) is 7.00. The number of benzene rings is 1. The van der Waals surface area contributed by atoms with Gasteiger partial charge in [-0.25, -0.2) is 9.78 Å². The van der Waals surface area contributed by atoms with Crippen molar-refractivity contribution < 1.29 is 14.3 Å². The topological polar surface area (TPSA) is 71.5 Å². The van der Waals surface area contributed by atoms with Crippen LogP contribution in [0.2, 0.25) is 0 Å². The van der Waals surface area contributed by atoms with Crippen LogP contribution in [0.4, 0.5) is 9.93 Å². The molecule has 1 aliphatic rings. The Balaban J connectivity index is 1.71. The first-order valence-corrected chi connectivity index (χ1v) is 8.66. The smallest absolute Gasteiger partial charge is 0.413 e. The SMILES string of the molecule is CCOC(=O)Nc1nc2c(s1)CN(C(=O)c1cccc(C)c1)CC2. The number of rotatable bonds is 3. The summed E-state index contributed by atoms with van der Waals surface area (Å²) in [6, 6.07) is 7.61. The summed E-state index contributed by atoms with van der Waals surface area (Å²) in [5.41, 5.74) is 2.71. The zero-order valence-electron chi connectivity index (χ0n) is 13.7. The number of aryl methyl sites for hydroxylation is 1. The summed E-state index contributed by atoms with van der Waals surface area (Å²) < 4.78 is 4.86. The molecule has 0 saturated carbocycles. The highest BCUT2D eigenvalue weighted by atomic mass is 32.1. The molecular formula is C17H19N3O3S. The lowest BCUT2D eigenvalue weighted by atomic mass is 10.1. The van der Waals surface area contributed by atoms with E-state index in [-0.39, 0.29) is 5.91 Å². The summed E-state index contributed by atoms with van der Waals surface area (Å²) in [4.78, 5) is 31.4. The normalized spacial score (nSPS) is 13.3. The molecule has 1 N–H and O–H groups in total. The monoisotopic (exact) mass is 345 g/mol. The van der Waals surface area contributed by atoms with Crippen LogP contribution in [0.3, 0.4) is 0 Å². The Morgan fingerprint density at radius 3 is 3.00 bits per heavy atom. The molecule has 3 rings (SSSR count). The van der Waals surface area contributed by atoms with Crippen molar-refractivity contribution in [2.45, 2.75) is 26.8 Å². The summed E-state index contributed by atoms with van der Waals surface area (Å²) >= 11 is 1.39. The van der Waals surface area contributed by atoms with E-state index in [1.807, 2.05) is 36.1 Å². The number of carbonyl (C=O) groups excluding carboxylic acids is 2. The van der Waals surface area contributed by atoms with Crippen LogP contribution in [0.5, 0.6) is 0 Å². The Hall–Kier alpha value is -2.41. The number of amides is 2. The molecule has 7 heteroatoms. The highest BCUT2D eigenvalue weighted by Crippen LogP contribution is 2.29. The lowest BCUT2D eigenvalue weighted by Gasteiger charge is -2.26. The van der Waals surface area contributed by atoms with Gasteiger partial charge >= 0.3 is 6.09 Å². The number of anilines is 1. The molecule has 0 radical (unpaired) electrons. The third-order valence-corrected chi connectivity index (χ3v) is 4.77. The number of hydrogen-bond donors (Lipinski definition) is 1. The van der Waals surface area contributed by atoms with Crippen molar-refractivity contribution in [1.29, 1.82) is 0 Å². The minimum absolute atomic E-state index is 0.0256. The van der Waals surface area contributed by atoms with E-state index in [2.05, 4.69) is 10.3 Å². The lowest BCUT2D eigenvalue weighted by Crippen LogP contribution is -2.35. The van der Waals surface area contributed by atoms with Gasteiger partial charge in [-0.15, -0.1) is 0 Å². The third kappa shape index (κ3) is 3.56. The van der Waals surface area contributed by atoms with Crippen LogP contribution in [0.25, 0.3) is 0 Å². The summed E-state index contributed by atoms with van der Waals surface area (Å²) in [6.45, 7) is 5.19. The number of fused-ring (bicyclic) bond motifs is 1. The molecule has 1 aliphatic heterocycles. The van der Waals surface area contributed by atoms with E-state index in [1.54, 1.807) is 6.92 Å². The first kappa shape index (κ1) is 16.4. The van der Waals surface area contributed by atoms with Gasteiger partial charge in [-0.1, -0.05) is 29.0 Å². The van der Waals surface area contributed by atoms with Gasteiger partial charge in [0, 0.05) is 23.4 Å². The van der Waals surface area contributed by atoms with Crippen LogP contribution >= 0.6 is 11.3 Å². The highest BCUT2D eigenvalue weighted by Gasteiger charge is 2.25. The molecule has 2 amide bonds. The zero-order chi connectivity index (χ0) is 17.1. The molecule has 0 fully saturated rings. The van der Waals surface area contributed by atoms with Crippen molar-refractivity contribution in [3.05, 3.63) is 46.0 Å². The Kier molecular flexibility index (Phi) is 4.80. The predicted molar refractivity (Wildman–Crippen MR) is 92.4 cm³/mol. The van der Waals surface area contributed by atoms with Crippen molar-refractivity contribution in [1.82, 2.24) is 9.88 Å². The molecule has 6 nitrogen and oxygen atoms in total. The highest BCUT2D eigenvalue weighted by molar-refractivity contribution is 7.15. The van der Waals surface area contributed by atoms with Crippen molar-refractivity contribution in [3.63, 3.8) is 0 Å². The molecular weight excluding hydrogens is 326 g/mol. The van der Waals surface area contributed by atoms with Crippen molar-refractivity contribution in [3.8, 4) is 0 Å². The fourth-order valence-corrected chi connectivity index (χ4v) is 3.65. The predicted octanol–water partition coefficient (Wildman–Crippen LogP) is 3.22. The van der Waals surface area contributed by atoms with Gasteiger partial charge in [-0.05, 0) is 26.0 Å². The Morgan fingerprint density at radius 1 is 1.42 bits per heavy atom. The van der Waals surface area contributed by atoms with Crippen LogP contribution in [-0.2, 0) is 17.7 Å². The molecule has 0 aliphatic carbocycles. The lowest BCUT2D eigenvalue weighted by molar-refractivity contribution is 0.0736. The third-order valence-electron chi connectivity index (χ3n) is 3.77. The van der Waals surface area contributed by atoms with Crippen LogP contribution in [-0.4, -0.2) is 35.0 Å². The van der Waals surface area contributed by atoms with Crippen LogP contribution in [0.15, 0.2) is 24.3 Å². The van der Waals surface area contributed by atoms with E-state index in [9.17, 15) is 9.59 Å². The van der Waals surface area contributed by atoms with Gasteiger partial charge in [0.25, 0.3) is 5.91 Å². The summed E-state index contributed by atoms with van der Waals surface area (Å²) in [6.07, 6.45) is 0.185. The minimum Gasteiger partial charge on any atom is -0.450 e. The van der Waals surface area contributed by atoms with Gasteiger partial charge in [0.1, 0.15) is 0 Å². The number of thiazole rings is 1. The second-order valence-electron chi connectivity index (χ2n) is 5.58. The average Bonchev–Trinajstić information content (AvgIpc) is 2.95. The number of carbonyl (C=O) groups is 2. The van der Waals surface area contributed by atoms with Gasteiger partial charge in [0.05, 0.1) is 18.8 Å². The molecule has 2 aromatic rings. The Morgan fingerprint density at radius 2 is 2.25 bits per heavy atom. The molecule has 1 aromatic heterocycles. The Bertz CT molecular complexity index is 772. The maximum absolute atomic E-state index is 12.7. The van der Waals surface area contributed by atoms with E-state index in [0.29, 0.717) is 36.8 Å². The van der Waals surface area contributed by atoms with E-state index in [1.165, 1.54) is 11.3 Å². The molecule has 0 atom stereocenters. The number of aromatic nitrogens is 1. The van der Waals surface area contributed by atoms with Crippen molar-refractivity contribution in [2.75, 3.05) is 18.5 Å². The van der Waals surface area contributed by atoms with Gasteiger partial charge in [-0.2, -0.15) is 0 Å². The maximum Gasteiger partial charge on any atom is 0.413 e. The first-order valence-electron chi connectivity index (χ1n) is 7.85. The number of nitrogens with one attached hydrogen (secondary N) is 1. The molecule has 2 heterocycles. The summed E-state index contributed by atoms with van der Waals surface area (Å²) in [5, 5.41) is 3.14. The Labute approximate surface area is 144 Å². The second-order valence-corrected chi connectivity index (χ2v) is 6.66. The molecule has 0 unspecified atom stereocenters. The number of ether oxygens (including phenoxy) is 1. The van der Waals surface area contributed by atoms with Crippen molar-refractivity contribution in [2.24, 2.45) is 0 Å². The standard InChI is InChI=1S/C17H19N3O3S/c1-3-23-17(22)19-16-18-13-7-8-20(10-14(13)24-16)15(21)12-6-4-5-11(2)9-12/h4-6,9H,3,7-8,10H2,1-2H3,(H,18,19,22). The van der Waals surface area contributed by atoms with Crippen LogP contribution in [0, 0.1) is 6.92 Å². The quantitative estimate of drug-likeness (QED) is 0.927. The van der Waals surface area contributed by atoms with E-state index in [0.717, 1.165) is 16.1 Å². The van der Waals surface area contributed by atoms with E-state index in [4.69, 9.17) is 4.74 Å². The number of hydrogen-bond acceptors (Lipinski definition) is 5. The largest absolute Gasteiger partial charge is 0.450 e. The maximum atomic E-state index is 12.7. The van der Waals surface area contributed by atoms with Gasteiger partial charge < -0.3 is 9.64 Å². The average molecular weight is 345 g/mol. The van der Waals surface area contributed by atoms with Gasteiger partial charge in [0.15, 0.2) is 5.13 Å².